The summed E-state index contributed by atoms with van der Waals surface area (Å²) in [6.07, 6.45) is 0.831. The van der Waals surface area contributed by atoms with Crippen LogP contribution in [0, 0.1) is 13.8 Å². The first-order valence-corrected chi connectivity index (χ1v) is 6.81. The summed E-state index contributed by atoms with van der Waals surface area (Å²) in [4.78, 5) is 16.5. The molecule has 1 N–H and O–H groups in total. The second-order valence-electron chi connectivity index (χ2n) is 4.18. The number of amides is 1. The lowest BCUT2D eigenvalue weighted by Gasteiger charge is -2.10. The molecule has 0 aromatic carbocycles. The predicted octanol–water partition coefficient (Wildman–Crippen LogP) is 2.23. The largest absolute Gasteiger partial charge is 0.384 e. The highest BCUT2D eigenvalue weighted by atomic mass is 79.9. The topological polar surface area (TPSA) is 51.2 Å². The third-order valence-corrected chi connectivity index (χ3v) is 3.28. The number of halogens is 1. The van der Waals surface area contributed by atoms with Gasteiger partial charge in [0.25, 0.3) is 5.91 Å². The average molecular weight is 315 g/mol. The monoisotopic (exact) mass is 314 g/mol. The van der Waals surface area contributed by atoms with Crippen molar-refractivity contribution in [1.82, 2.24) is 10.3 Å². The van der Waals surface area contributed by atoms with Gasteiger partial charge in [0.2, 0.25) is 0 Å². The zero-order valence-corrected chi connectivity index (χ0v) is 12.6. The standard InChI is InChI=1S/C13H19BrN2O2/c1-9-4-5-12(10(2)16-9)13(17)15-7-6-11(14)8-18-3/h4-5,11H,6-8H2,1-3H3,(H,15,17). The molecule has 0 aliphatic carbocycles. The van der Waals surface area contributed by atoms with Crippen molar-refractivity contribution < 1.29 is 9.53 Å². The number of hydrogen-bond donors (Lipinski definition) is 1. The summed E-state index contributed by atoms with van der Waals surface area (Å²) >= 11 is 3.48. The van der Waals surface area contributed by atoms with Crippen LogP contribution in [0.25, 0.3) is 0 Å². The third-order valence-electron chi connectivity index (χ3n) is 2.56. The molecule has 0 aliphatic rings. The Bertz CT molecular complexity index is 410. The molecule has 1 aromatic rings. The van der Waals surface area contributed by atoms with Crippen LogP contribution >= 0.6 is 15.9 Å². The Morgan fingerprint density at radius 2 is 2.22 bits per heavy atom. The first-order chi connectivity index (χ1) is 8.54. The molecule has 1 atom stereocenters. The van der Waals surface area contributed by atoms with Crippen LogP contribution < -0.4 is 5.32 Å². The van der Waals surface area contributed by atoms with Crippen molar-refractivity contribution in [3.63, 3.8) is 0 Å². The third kappa shape index (κ3) is 4.74. The van der Waals surface area contributed by atoms with Crippen LogP contribution in [0.4, 0.5) is 0 Å². The summed E-state index contributed by atoms with van der Waals surface area (Å²) < 4.78 is 5.01. The Kier molecular flexibility index (Phi) is 6.29. The van der Waals surface area contributed by atoms with Crippen LogP contribution in [0.5, 0.6) is 0 Å². The number of nitrogens with one attached hydrogen (secondary N) is 1. The van der Waals surface area contributed by atoms with Gasteiger partial charge in [0.1, 0.15) is 0 Å². The molecule has 5 heteroatoms. The van der Waals surface area contributed by atoms with Gasteiger partial charge in [-0.25, -0.2) is 0 Å². The van der Waals surface area contributed by atoms with Crippen LogP contribution in [-0.2, 0) is 4.74 Å². The van der Waals surface area contributed by atoms with E-state index in [9.17, 15) is 4.79 Å². The molecule has 1 amide bonds. The highest BCUT2D eigenvalue weighted by molar-refractivity contribution is 9.09. The molecule has 1 aromatic heterocycles. The van der Waals surface area contributed by atoms with Gasteiger partial charge in [-0.05, 0) is 32.4 Å². The van der Waals surface area contributed by atoms with Gasteiger partial charge in [-0.1, -0.05) is 15.9 Å². The molecule has 1 unspecified atom stereocenters. The molecule has 1 rings (SSSR count). The lowest BCUT2D eigenvalue weighted by Crippen LogP contribution is -2.27. The highest BCUT2D eigenvalue weighted by Gasteiger charge is 2.10. The maximum atomic E-state index is 11.9. The maximum Gasteiger partial charge on any atom is 0.253 e. The molecule has 0 spiro atoms. The fraction of sp³-hybridized carbons (Fsp3) is 0.538. The zero-order chi connectivity index (χ0) is 13.5. The molecule has 100 valence electrons. The van der Waals surface area contributed by atoms with Crippen LogP contribution in [0.1, 0.15) is 28.2 Å². The van der Waals surface area contributed by atoms with Crippen molar-refractivity contribution in [1.29, 1.82) is 0 Å². The number of ether oxygens (including phenoxy) is 1. The molecule has 18 heavy (non-hydrogen) atoms. The number of hydrogen-bond acceptors (Lipinski definition) is 3. The molecule has 0 saturated heterocycles. The van der Waals surface area contributed by atoms with Gasteiger partial charge in [0, 0.05) is 24.2 Å². The molecule has 0 radical (unpaired) electrons. The van der Waals surface area contributed by atoms with Gasteiger partial charge in [-0.15, -0.1) is 0 Å². The Balaban J connectivity index is 2.45. The lowest BCUT2D eigenvalue weighted by atomic mass is 10.1. The summed E-state index contributed by atoms with van der Waals surface area (Å²) in [7, 11) is 1.66. The van der Waals surface area contributed by atoms with Gasteiger partial charge < -0.3 is 10.1 Å². The molecule has 1 heterocycles. The minimum Gasteiger partial charge on any atom is -0.384 e. The fourth-order valence-electron chi connectivity index (χ4n) is 1.63. The van der Waals surface area contributed by atoms with Crippen LogP contribution in [0.15, 0.2) is 12.1 Å². The van der Waals surface area contributed by atoms with Crippen molar-refractivity contribution >= 4 is 21.8 Å². The van der Waals surface area contributed by atoms with E-state index in [1.165, 1.54) is 0 Å². The molecular formula is C13H19BrN2O2. The Morgan fingerprint density at radius 1 is 1.50 bits per heavy atom. The normalized spacial score (nSPS) is 12.2. The zero-order valence-electron chi connectivity index (χ0n) is 11.0. The van der Waals surface area contributed by atoms with Crippen LogP contribution in [0.3, 0.4) is 0 Å². The SMILES string of the molecule is COCC(Br)CCNC(=O)c1ccc(C)nc1C. The number of aromatic nitrogens is 1. The molecule has 4 nitrogen and oxygen atoms in total. The smallest absolute Gasteiger partial charge is 0.253 e. The number of rotatable bonds is 6. The number of alkyl halides is 1. The Morgan fingerprint density at radius 3 is 2.83 bits per heavy atom. The molecule has 0 fully saturated rings. The second kappa shape index (κ2) is 7.48. The van der Waals surface area contributed by atoms with E-state index in [-0.39, 0.29) is 10.7 Å². The summed E-state index contributed by atoms with van der Waals surface area (Å²) in [6.45, 7) is 5.02. The van der Waals surface area contributed by atoms with E-state index in [0.717, 1.165) is 17.8 Å². The van der Waals surface area contributed by atoms with Gasteiger partial charge in [-0.2, -0.15) is 0 Å². The molecule has 0 aliphatic heterocycles. The highest BCUT2D eigenvalue weighted by Crippen LogP contribution is 2.07. The van der Waals surface area contributed by atoms with E-state index in [1.54, 1.807) is 7.11 Å². The van der Waals surface area contributed by atoms with Crippen molar-refractivity contribution in [2.75, 3.05) is 20.3 Å². The number of carbonyl (C=O) groups excluding carboxylic acids is 1. The van der Waals surface area contributed by atoms with E-state index in [1.807, 2.05) is 26.0 Å². The van der Waals surface area contributed by atoms with Gasteiger partial charge in [0.05, 0.1) is 17.9 Å². The Labute approximate surface area is 116 Å². The van der Waals surface area contributed by atoms with E-state index in [0.29, 0.717) is 18.7 Å². The summed E-state index contributed by atoms with van der Waals surface area (Å²) in [5.41, 5.74) is 2.32. The summed E-state index contributed by atoms with van der Waals surface area (Å²) in [5.74, 6) is -0.0721. The van der Waals surface area contributed by atoms with E-state index in [4.69, 9.17) is 4.74 Å². The molecule has 0 saturated carbocycles. The van der Waals surface area contributed by atoms with Crippen molar-refractivity contribution in [2.24, 2.45) is 0 Å². The van der Waals surface area contributed by atoms with Gasteiger partial charge >= 0.3 is 0 Å². The summed E-state index contributed by atoms with van der Waals surface area (Å²) in [5, 5.41) is 2.88. The van der Waals surface area contributed by atoms with E-state index in [2.05, 4.69) is 26.2 Å². The molecule has 0 bridgehead atoms. The number of methoxy groups -OCH3 is 1. The Hall–Kier alpha value is -0.940. The van der Waals surface area contributed by atoms with Crippen molar-refractivity contribution in [3.05, 3.63) is 29.1 Å². The lowest BCUT2D eigenvalue weighted by molar-refractivity contribution is 0.0951. The van der Waals surface area contributed by atoms with Crippen molar-refractivity contribution in [2.45, 2.75) is 25.1 Å². The van der Waals surface area contributed by atoms with Gasteiger partial charge in [0.15, 0.2) is 0 Å². The van der Waals surface area contributed by atoms with E-state index >= 15 is 0 Å². The van der Waals surface area contributed by atoms with E-state index < -0.39 is 0 Å². The van der Waals surface area contributed by atoms with Gasteiger partial charge in [-0.3, -0.25) is 9.78 Å². The fourth-order valence-corrected chi connectivity index (χ4v) is 2.12. The predicted molar refractivity (Wildman–Crippen MR) is 75.3 cm³/mol. The quantitative estimate of drug-likeness (QED) is 0.819. The number of nitrogens with zero attached hydrogens (tertiary/aromatic N) is 1. The maximum absolute atomic E-state index is 11.9. The minimum atomic E-state index is -0.0721. The van der Waals surface area contributed by atoms with Crippen molar-refractivity contribution in [3.8, 4) is 0 Å². The second-order valence-corrected chi connectivity index (χ2v) is 5.48. The number of aryl methyl sites for hydroxylation is 2. The average Bonchev–Trinajstić information content (AvgIpc) is 2.29. The number of pyridine rings is 1. The summed E-state index contributed by atoms with van der Waals surface area (Å²) in [6, 6.07) is 3.66. The molecular weight excluding hydrogens is 296 g/mol. The minimum absolute atomic E-state index is 0.0721. The number of carbonyl (C=O) groups is 1. The first-order valence-electron chi connectivity index (χ1n) is 5.90. The van der Waals surface area contributed by atoms with Crippen LogP contribution in [0.2, 0.25) is 0 Å². The van der Waals surface area contributed by atoms with Crippen LogP contribution in [-0.4, -0.2) is 36.0 Å². The first kappa shape index (κ1) is 15.1.